The number of aryl methyl sites for hydroxylation is 1. The van der Waals surface area contributed by atoms with Crippen LogP contribution in [0.5, 0.6) is 0 Å². The summed E-state index contributed by atoms with van der Waals surface area (Å²) in [6.45, 7) is 3.86. The predicted octanol–water partition coefficient (Wildman–Crippen LogP) is 3.57. The maximum atomic E-state index is 6.43. The van der Waals surface area contributed by atoms with Crippen LogP contribution in [0.2, 0.25) is 10.2 Å². The second-order valence-corrected chi connectivity index (χ2v) is 5.95. The Balaban J connectivity index is 2.39. The molecule has 0 radical (unpaired) electrons. The lowest BCUT2D eigenvalue weighted by Gasteiger charge is -2.33. The summed E-state index contributed by atoms with van der Waals surface area (Å²) in [5.41, 5.74) is 14.9. The van der Waals surface area contributed by atoms with Crippen molar-refractivity contribution in [3.05, 3.63) is 63.4 Å². The third-order valence-corrected chi connectivity index (χ3v) is 4.02. The van der Waals surface area contributed by atoms with Crippen LogP contribution in [-0.2, 0) is 5.54 Å². The fraction of sp³-hybridized carbons (Fsp3) is 0.267. The molecule has 1 heterocycles. The van der Waals surface area contributed by atoms with Crippen LogP contribution in [0, 0.1) is 6.92 Å². The van der Waals surface area contributed by atoms with Gasteiger partial charge in [0.05, 0.1) is 11.6 Å². The minimum absolute atomic E-state index is 0.372. The van der Waals surface area contributed by atoms with Gasteiger partial charge in [0.1, 0.15) is 5.15 Å². The Morgan fingerprint density at radius 3 is 2.45 bits per heavy atom. The Bertz CT molecular complexity index is 609. The van der Waals surface area contributed by atoms with Crippen LogP contribution in [-0.4, -0.2) is 4.98 Å². The van der Waals surface area contributed by atoms with Gasteiger partial charge in [-0.25, -0.2) is 4.98 Å². The van der Waals surface area contributed by atoms with E-state index in [2.05, 4.69) is 4.98 Å². The fourth-order valence-electron chi connectivity index (χ4n) is 2.19. The highest BCUT2D eigenvalue weighted by molar-refractivity contribution is 6.30. The molecule has 0 aliphatic rings. The van der Waals surface area contributed by atoms with E-state index in [0.29, 0.717) is 10.2 Å². The number of hydrogen-bond acceptors (Lipinski definition) is 3. The number of hydrogen-bond donors (Lipinski definition) is 2. The molecule has 20 heavy (non-hydrogen) atoms. The first-order valence-electron chi connectivity index (χ1n) is 6.25. The minimum atomic E-state index is -0.754. The quantitative estimate of drug-likeness (QED) is 0.852. The van der Waals surface area contributed by atoms with Gasteiger partial charge < -0.3 is 11.5 Å². The number of nitrogens with two attached hydrogens (primary N) is 2. The van der Waals surface area contributed by atoms with Crippen LogP contribution in [0.4, 0.5) is 0 Å². The second-order valence-electron chi connectivity index (χ2n) is 5.13. The molecule has 2 unspecified atom stereocenters. The highest BCUT2D eigenvalue weighted by Gasteiger charge is 2.31. The van der Waals surface area contributed by atoms with Crippen LogP contribution in [0.1, 0.15) is 29.7 Å². The largest absolute Gasteiger partial charge is 0.322 e. The molecule has 2 rings (SSSR count). The standard InChI is InChI=1S/C15H17Cl2N3/c1-9-7-11(16)4-5-12(9)14(18)15(2,19)10-3-6-13(17)20-8-10/h3-8,14H,18-19H2,1-2H3. The van der Waals surface area contributed by atoms with Crippen LogP contribution in [0.15, 0.2) is 36.5 Å². The molecule has 0 aliphatic heterocycles. The summed E-state index contributed by atoms with van der Waals surface area (Å²) in [5, 5.41) is 1.12. The Morgan fingerprint density at radius 1 is 1.20 bits per heavy atom. The van der Waals surface area contributed by atoms with Crippen molar-refractivity contribution in [1.29, 1.82) is 0 Å². The van der Waals surface area contributed by atoms with Gasteiger partial charge in [0.15, 0.2) is 0 Å². The molecule has 106 valence electrons. The summed E-state index contributed by atoms with van der Waals surface area (Å²) >= 11 is 11.8. The van der Waals surface area contributed by atoms with Crippen LogP contribution in [0.3, 0.4) is 0 Å². The smallest absolute Gasteiger partial charge is 0.129 e. The third kappa shape index (κ3) is 2.96. The highest BCUT2D eigenvalue weighted by Crippen LogP contribution is 2.33. The molecule has 0 saturated heterocycles. The molecule has 0 fully saturated rings. The molecular formula is C15H17Cl2N3. The predicted molar refractivity (Wildman–Crippen MR) is 83.9 cm³/mol. The van der Waals surface area contributed by atoms with E-state index in [1.807, 2.05) is 38.1 Å². The van der Waals surface area contributed by atoms with Gasteiger partial charge in [-0.3, -0.25) is 0 Å². The zero-order valence-electron chi connectivity index (χ0n) is 11.4. The van der Waals surface area contributed by atoms with Gasteiger partial charge in [-0.15, -0.1) is 0 Å². The molecule has 1 aromatic heterocycles. The van der Waals surface area contributed by atoms with Crippen molar-refractivity contribution in [3.8, 4) is 0 Å². The zero-order valence-corrected chi connectivity index (χ0v) is 12.9. The number of nitrogens with zero attached hydrogens (tertiary/aromatic N) is 1. The lowest BCUT2D eigenvalue weighted by Crippen LogP contribution is -2.44. The van der Waals surface area contributed by atoms with Crippen molar-refractivity contribution in [2.24, 2.45) is 11.5 Å². The van der Waals surface area contributed by atoms with E-state index >= 15 is 0 Å². The molecule has 0 amide bonds. The summed E-state index contributed by atoms with van der Waals surface area (Å²) in [6, 6.07) is 8.80. The zero-order chi connectivity index (χ0) is 14.9. The Labute approximate surface area is 128 Å². The van der Waals surface area contributed by atoms with E-state index in [1.54, 1.807) is 12.3 Å². The molecule has 0 aliphatic carbocycles. The Kier molecular flexibility index (Phi) is 4.35. The fourth-order valence-corrected chi connectivity index (χ4v) is 2.52. The van der Waals surface area contributed by atoms with Crippen molar-refractivity contribution in [3.63, 3.8) is 0 Å². The maximum absolute atomic E-state index is 6.43. The van der Waals surface area contributed by atoms with Crippen molar-refractivity contribution >= 4 is 23.2 Å². The van der Waals surface area contributed by atoms with Gasteiger partial charge in [0.2, 0.25) is 0 Å². The topological polar surface area (TPSA) is 64.9 Å². The summed E-state index contributed by atoms with van der Waals surface area (Å²) in [6.07, 6.45) is 1.66. The number of benzene rings is 1. The molecule has 0 spiro atoms. The monoisotopic (exact) mass is 309 g/mol. The molecule has 5 heteroatoms. The van der Waals surface area contributed by atoms with Crippen molar-refractivity contribution in [1.82, 2.24) is 4.98 Å². The van der Waals surface area contributed by atoms with Crippen molar-refractivity contribution in [2.45, 2.75) is 25.4 Å². The van der Waals surface area contributed by atoms with Crippen LogP contribution in [0.25, 0.3) is 0 Å². The Hall–Kier alpha value is -1.13. The molecule has 0 saturated carbocycles. The summed E-state index contributed by atoms with van der Waals surface area (Å²) < 4.78 is 0. The van der Waals surface area contributed by atoms with Crippen molar-refractivity contribution in [2.75, 3.05) is 0 Å². The summed E-state index contributed by atoms with van der Waals surface area (Å²) in [4.78, 5) is 4.07. The minimum Gasteiger partial charge on any atom is -0.322 e. The van der Waals surface area contributed by atoms with Gasteiger partial charge in [-0.2, -0.15) is 0 Å². The first-order valence-corrected chi connectivity index (χ1v) is 7.00. The van der Waals surface area contributed by atoms with Gasteiger partial charge in [-0.1, -0.05) is 35.3 Å². The van der Waals surface area contributed by atoms with E-state index in [9.17, 15) is 0 Å². The molecule has 3 nitrogen and oxygen atoms in total. The van der Waals surface area contributed by atoms with Crippen LogP contribution < -0.4 is 11.5 Å². The second kappa shape index (κ2) is 5.70. The van der Waals surface area contributed by atoms with E-state index < -0.39 is 5.54 Å². The maximum Gasteiger partial charge on any atom is 0.129 e. The molecule has 4 N–H and O–H groups in total. The Morgan fingerprint density at radius 2 is 1.90 bits per heavy atom. The van der Waals surface area contributed by atoms with E-state index in [1.165, 1.54) is 0 Å². The average molecular weight is 310 g/mol. The first kappa shape index (κ1) is 15.3. The molecule has 2 aromatic rings. The lowest BCUT2D eigenvalue weighted by molar-refractivity contribution is 0.394. The van der Waals surface area contributed by atoms with Gasteiger partial charge in [0, 0.05) is 11.2 Å². The number of aromatic nitrogens is 1. The van der Waals surface area contributed by atoms with Gasteiger partial charge in [0.25, 0.3) is 0 Å². The molecule has 1 aromatic carbocycles. The first-order chi connectivity index (χ1) is 9.32. The van der Waals surface area contributed by atoms with E-state index in [-0.39, 0.29) is 6.04 Å². The lowest BCUT2D eigenvalue weighted by atomic mass is 9.82. The van der Waals surface area contributed by atoms with Gasteiger partial charge >= 0.3 is 0 Å². The SMILES string of the molecule is Cc1cc(Cl)ccc1C(N)C(C)(N)c1ccc(Cl)nc1. The van der Waals surface area contributed by atoms with E-state index in [4.69, 9.17) is 34.7 Å². The van der Waals surface area contributed by atoms with E-state index in [0.717, 1.165) is 16.7 Å². The van der Waals surface area contributed by atoms with Crippen LogP contribution >= 0.6 is 23.2 Å². The van der Waals surface area contributed by atoms with Gasteiger partial charge in [-0.05, 0) is 48.7 Å². The van der Waals surface area contributed by atoms with Crippen molar-refractivity contribution < 1.29 is 0 Å². The number of halogens is 2. The number of rotatable bonds is 3. The summed E-state index contributed by atoms with van der Waals surface area (Å²) in [5.74, 6) is 0. The normalized spacial score (nSPS) is 15.7. The molecule has 2 atom stereocenters. The highest BCUT2D eigenvalue weighted by atomic mass is 35.5. The average Bonchev–Trinajstić information content (AvgIpc) is 2.38. The number of pyridine rings is 1. The summed E-state index contributed by atoms with van der Waals surface area (Å²) in [7, 11) is 0. The molecular weight excluding hydrogens is 293 g/mol. The third-order valence-electron chi connectivity index (χ3n) is 3.56. The molecule has 0 bridgehead atoms.